The number of carbonyl (C=O) groups excluding carboxylic acids is 2. The fourth-order valence-corrected chi connectivity index (χ4v) is 4.85. The molecule has 1 aliphatic rings. The van der Waals surface area contributed by atoms with Gasteiger partial charge < -0.3 is 10.2 Å². The van der Waals surface area contributed by atoms with E-state index in [-0.39, 0.29) is 24.4 Å². The zero-order chi connectivity index (χ0) is 21.3. The molecule has 3 rings (SSSR count). The van der Waals surface area contributed by atoms with Crippen LogP contribution in [0.5, 0.6) is 0 Å². The molecule has 0 radical (unpaired) electrons. The fourth-order valence-electron chi connectivity index (χ4n) is 3.59. The second-order valence-corrected chi connectivity index (χ2v) is 9.39. The number of nitrogens with one attached hydrogen (secondary N) is 1. The molecule has 0 saturated heterocycles. The Bertz CT molecular complexity index is 1050. The van der Waals surface area contributed by atoms with Gasteiger partial charge in [0.2, 0.25) is 15.9 Å². The lowest BCUT2D eigenvalue weighted by Crippen LogP contribution is -2.35. The Morgan fingerprint density at radius 2 is 1.83 bits per heavy atom. The third-order valence-electron chi connectivity index (χ3n) is 4.90. The minimum Gasteiger partial charge on any atom is -0.332 e. The number of fused-ring (bicyclic) bond motifs is 1. The summed E-state index contributed by atoms with van der Waals surface area (Å²) in [7, 11) is -1.81. The molecule has 0 bridgehead atoms. The molecule has 1 N–H and O–H groups in total. The van der Waals surface area contributed by atoms with Crippen molar-refractivity contribution in [1.29, 1.82) is 0 Å². The lowest BCUT2D eigenvalue weighted by atomic mass is 10.1. The van der Waals surface area contributed by atoms with E-state index in [1.54, 1.807) is 25.2 Å². The minimum absolute atomic E-state index is 0.0876. The lowest BCUT2D eigenvalue weighted by Gasteiger charge is -2.22. The number of nitrogens with zero attached hydrogens (tertiary/aromatic N) is 2. The third-order valence-corrected chi connectivity index (χ3v) is 6.17. The number of rotatable bonds is 5. The molecule has 2 amide bonds. The number of carbonyl (C=O) groups is 2. The van der Waals surface area contributed by atoms with Gasteiger partial charge in [-0.3, -0.25) is 13.9 Å². The lowest BCUT2D eigenvalue weighted by molar-refractivity contribution is -0.116. The van der Waals surface area contributed by atoms with Crippen LogP contribution in [-0.4, -0.2) is 51.0 Å². The molecule has 29 heavy (non-hydrogen) atoms. The molecule has 0 aromatic heterocycles. The van der Waals surface area contributed by atoms with E-state index in [9.17, 15) is 18.0 Å². The molecule has 0 spiro atoms. The van der Waals surface area contributed by atoms with Gasteiger partial charge in [0.05, 0.1) is 18.5 Å². The normalized spacial score (nSPS) is 15.7. The predicted molar refractivity (Wildman–Crippen MR) is 114 cm³/mol. The largest absolute Gasteiger partial charge is 0.332 e. The monoisotopic (exact) mass is 415 g/mol. The molecule has 0 unspecified atom stereocenters. The third kappa shape index (κ3) is 4.59. The van der Waals surface area contributed by atoms with Crippen molar-refractivity contribution in [3.8, 4) is 0 Å². The first-order valence-corrected chi connectivity index (χ1v) is 11.2. The number of anilines is 2. The second kappa shape index (κ2) is 7.87. The first-order chi connectivity index (χ1) is 13.6. The molecular formula is C21H25N3O4S. The second-order valence-electron chi connectivity index (χ2n) is 7.53. The maximum absolute atomic E-state index is 12.8. The van der Waals surface area contributed by atoms with Gasteiger partial charge >= 0.3 is 0 Å². The van der Waals surface area contributed by atoms with E-state index in [1.165, 1.54) is 15.5 Å². The van der Waals surface area contributed by atoms with Gasteiger partial charge in [-0.25, -0.2) is 8.42 Å². The SMILES string of the molecule is Cc1ccc(NC(=O)CN(C)C(=O)c2ccc3c(c2)C[C@H](C)N3S(C)(=O)=O)cc1. The summed E-state index contributed by atoms with van der Waals surface area (Å²) in [5, 5.41) is 2.77. The standard InChI is InChI=1S/C21H25N3O4S/c1-14-5-8-18(9-6-14)22-20(25)13-23(3)21(26)16-7-10-19-17(12-16)11-15(2)24(19)29(4,27)28/h5-10,12,15H,11,13H2,1-4H3,(H,22,25)/t15-/m0/s1. The Kier molecular flexibility index (Phi) is 5.66. The van der Waals surface area contributed by atoms with Gasteiger partial charge in [0, 0.05) is 24.3 Å². The maximum Gasteiger partial charge on any atom is 0.254 e. The molecule has 1 heterocycles. The Balaban J connectivity index is 1.70. The molecule has 1 aliphatic heterocycles. The summed E-state index contributed by atoms with van der Waals surface area (Å²) in [6, 6.07) is 12.2. The molecular weight excluding hydrogens is 390 g/mol. The van der Waals surface area contributed by atoms with Gasteiger partial charge in [-0.15, -0.1) is 0 Å². The Morgan fingerprint density at radius 3 is 2.45 bits per heavy atom. The number of benzene rings is 2. The van der Waals surface area contributed by atoms with Crippen LogP contribution in [0, 0.1) is 6.92 Å². The Hall–Kier alpha value is -2.87. The van der Waals surface area contributed by atoms with Crippen molar-refractivity contribution < 1.29 is 18.0 Å². The first-order valence-electron chi connectivity index (χ1n) is 9.30. The van der Waals surface area contributed by atoms with E-state index in [1.807, 2.05) is 38.1 Å². The molecule has 0 saturated carbocycles. The summed E-state index contributed by atoms with van der Waals surface area (Å²) in [6.07, 6.45) is 1.72. The molecule has 7 nitrogen and oxygen atoms in total. The summed E-state index contributed by atoms with van der Waals surface area (Å²) in [5.41, 5.74) is 3.61. The fraction of sp³-hybridized carbons (Fsp3) is 0.333. The highest BCUT2D eigenvalue weighted by Crippen LogP contribution is 2.34. The van der Waals surface area contributed by atoms with Gasteiger partial charge in [-0.05, 0) is 56.2 Å². The highest BCUT2D eigenvalue weighted by atomic mass is 32.2. The number of aryl methyl sites for hydroxylation is 1. The van der Waals surface area contributed by atoms with Crippen molar-refractivity contribution in [2.24, 2.45) is 0 Å². The number of sulfonamides is 1. The van der Waals surface area contributed by atoms with E-state index >= 15 is 0 Å². The Labute approximate surface area is 171 Å². The van der Waals surface area contributed by atoms with Crippen molar-refractivity contribution >= 4 is 33.2 Å². The van der Waals surface area contributed by atoms with Crippen molar-refractivity contribution in [3.63, 3.8) is 0 Å². The van der Waals surface area contributed by atoms with Crippen molar-refractivity contribution in [1.82, 2.24) is 4.90 Å². The topological polar surface area (TPSA) is 86.8 Å². The predicted octanol–water partition coefficient (Wildman–Crippen LogP) is 2.42. The van der Waals surface area contributed by atoms with E-state index < -0.39 is 10.0 Å². The molecule has 0 aliphatic carbocycles. The van der Waals surface area contributed by atoms with Gasteiger partial charge in [0.15, 0.2) is 0 Å². The van der Waals surface area contributed by atoms with Crippen LogP contribution < -0.4 is 9.62 Å². The Morgan fingerprint density at radius 1 is 1.17 bits per heavy atom. The zero-order valence-corrected chi connectivity index (χ0v) is 17.8. The van der Waals surface area contributed by atoms with Crippen LogP contribution in [0.3, 0.4) is 0 Å². The van der Waals surface area contributed by atoms with E-state index in [0.717, 1.165) is 11.1 Å². The maximum atomic E-state index is 12.8. The van der Waals surface area contributed by atoms with Crippen molar-refractivity contribution in [3.05, 3.63) is 59.2 Å². The van der Waals surface area contributed by atoms with Gasteiger partial charge in [0.1, 0.15) is 0 Å². The molecule has 154 valence electrons. The first kappa shape index (κ1) is 20.9. The molecule has 2 aromatic rings. The number of likely N-dealkylation sites (N-methyl/N-ethyl adjacent to an activating group) is 1. The smallest absolute Gasteiger partial charge is 0.254 e. The van der Waals surface area contributed by atoms with Crippen LogP contribution in [0.4, 0.5) is 11.4 Å². The highest BCUT2D eigenvalue weighted by Gasteiger charge is 2.33. The number of hydrogen-bond acceptors (Lipinski definition) is 4. The van der Waals surface area contributed by atoms with Gasteiger partial charge in [0.25, 0.3) is 5.91 Å². The van der Waals surface area contributed by atoms with Crippen molar-refractivity contribution in [2.75, 3.05) is 29.5 Å². The minimum atomic E-state index is -3.38. The van der Waals surface area contributed by atoms with E-state index in [0.29, 0.717) is 23.4 Å². The van der Waals surface area contributed by atoms with Crippen LogP contribution in [0.15, 0.2) is 42.5 Å². The van der Waals surface area contributed by atoms with Crippen LogP contribution in [0.25, 0.3) is 0 Å². The summed E-state index contributed by atoms with van der Waals surface area (Å²) < 4.78 is 25.4. The molecule has 0 fully saturated rings. The van der Waals surface area contributed by atoms with Crippen LogP contribution >= 0.6 is 0 Å². The van der Waals surface area contributed by atoms with Crippen LogP contribution in [0.2, 0.25) is 0 Å². The van der Waals surface area contributed by atoms with Gasteiger partial charge in [-0.1, -0.05) is 17.7 Å². The summed E-state index contributed by atoms with van der Waals surface area (Å²) in [6.45, 7) is 3.71. The summed E-state index contributed by atoms with van der Waals surface area (Å²) in [4.78, 5) is 26.3. The number of hydrogen-bond donors (Lipinski definition) is 1. The molecule has 8 heteroatoms. The van der Waals surface area contributed by atoms with Crippen molar-refractivity contribution in [2.45, 2.75) is 26.3 Å². The highest BCUT2D eigenvalue weighted by molar-refractivity contribution is 7.92. The van der Waals surface area contributed by atoms with Crippen LogP contribution in [0.1, 0.15) is 28.4 Å². The summed E-state index contributed by atoms with van der Waals surface area (Å²) in [5.74, 6) is -0.583. The average Bonchev–Trinajstić information content (AvgIpc) is 2.97. The molecule has 2 aromatic carbocycles. The molecule has 1 atom stereocenters. The quantitative estimate of drug-likeness (QED) is 0.813. The number of amides is 2. The van der Waals surface area contributed by atoms with Crippen LogP contribution in [-0.2, 0) is 21.2 Å². The zero-order valence-electron chi connectivity index (χ0n) is 17.0. The van der Waals surface area contributed by atoms with E-state index in [2.05, 4.69) is 5.32 Å². The summed E-state index contributed by atoms with van der Waals surface area (Å²) >= 11 is 0. The average molecular weight is 416 g/mol. The van der Waals surface area contributed by atoms with Gasteiger partial charge in [-0.2, -0.15) is 0 Å². The van der Waals surface area contributed by atoms with E-state index in [4.69, 9.17) is 0 Å².